The van der Waals surface area contributed by atoms with Gasteiger partial charge in [0.1, 0.15) is 6.04 Å². The molecular weight excluding hydrogens is 431 g/mol. The first-order valence-electron chi connectivity index (χ1n) is 9.30. The summed E-state index contributed by atoms with van der Waals surface area (Å²) in [5, 5.41) is 3.52. The summed E-state index contributed by atoms with van der Waals surface area (Å²) in [4.78, 5) is 13.1. The zero-order chi connectivity index (χ0) is 21.8. The third-order valence-corrected chi connectivity index (χ3v) is 6.24. The lowest BCUT2D eigenvalue weighted by Gasteiger charge is -2.31. The molecule has 0 saturated heterocycles. The molecule has 0 aliphatic rings. The highest BCUT2D eigenvalue weighted by atomic mass is 35.5. The number of halogens is 2. The standard InChI is InChI=1S/C21H26Cl2N2O3S/c1-14(2)12-19(16-8-6-5-7-9-16)24-21(26)15(3)25(29(4,27)28)20-13-17(22)10-11-18(20)23/h5-11,13-15,19H,12H2,1-4H3,(H,24,26)/t15-,19+/m0/s1. The Bertz CT molecular complexity index is 950. The number of hydrogen-bond acceptors (Lipinski definition) is 3. The van der Waals surface area contributed by atoms with E-state index in [2.05, 4.69) is 19.2 Å². The van der Waals surface area contributed by atoms with Gasteiger partial charge in [-0.3, -0.25) is 9.10 Å². The predicted molar refractivity (Wildman–Crippen MR) is 120 cm³/mol. The van der Waals surface area contributed by atoms with Crippen LogP contribution >= 0.6 is 23.2 Å². The van der Waals surface area contributed by atoms with Crippen LogP contribution in [0.5, 0.6) is 0 Å². The molecular formula is C21H26Cl2N2O3S. The molecule has 0 aromatic heterocycles. The van der Waals surface area contributed by atoms with Gasteiger partial charge in [-0.1, -0.05) is 67.4 Å². The summed E-state index contributed by atoms with van der Waals surface area (Å²) in [7, 11) is -3.80. The number of amides is 1. The van der Waals surface area contributed by atoms with Crippen molar-refractivity contribution in [2.75, 3.05) is 10.6 Å². The zero-order valence-electron chi connectivity index (χ0n) is 16.9. The van der Waals surface area contributed by atoms with Crippen LogP contribution in [0.1, 0.15) is 38.8 Å². The Hall–Kier alpha value is -1.76. The van der Waals surface area contributed by atoms with Crippen molar-refractivity contribution < 1.29 is 13.2 Å². The molecule has 0 saturated carbocycles. The molecule has 1 amide bonds. The van der Waals surface area contributed by atoms with Crippen LogP contribution < -0.4 is 9.62 Å². The second-order valence-corrected chi connectivity index (χ2v) is 10.1. The van der Waals surface area contributed by atoms with Gasteiger partial charge < -0.3 is 5.32 Å². The van der Waals surface area contributed by atoms with Gasteiger partial charge in [0.25, 0.3) is 0 Å². The highest BCUT2D eigenvalue weighted by Gasteiger charge is 2.32. The first-order valence-corrected chi connectivity index (χ1v) is 11.9. The summed E-state index contributed by atoms with van der Waals surface area (Å²) in [6.07, 6.45) is 1.76. The lowest BCUT2D eigenvalue weighted by Crippen LogP contribution is -2.48. The van der Waals surface area contributed by atoms with E-state index in [0.717, 1.165) is 22.5 Å². The minimum atomic E-state index is -3.80. The number of rotatable bonds is 8. The lowest BCUT2D eigenvalue weighted by atomic mass is 9.96. The number of nitrogens with zero attached hydrogens (tertiary/aromatic N) is 1. The molecule has 2 atom stereocenters. The van der Waals surface area contributed by atoms with Crippen LogP contribution in [-0.2, 0) is 14.8 Å². The van der Waals surface area contributed by atoms with Crippen molar-refractivity contribution in [2.45, 2.75) is 39.3 Å². The molecule has 2 aromatic carbocycles. The average molecular weight is 457 g/mol. The number of benzene rings is 2. The second-order valence-electron chi connectivity index (χ2n) is 7.43. The van der Waals surface area contributed by atoms with E-state index in [1.54, 1.807) is 6.07 Å². The molecule has 0 aliphatic heterocycles. The van der Waals surface area contributed by atoms with Crippen LogP contribution in [0.3, 0.4) is 0 Å². The van der Waals surface area contributed by atoms with Crippen LogP contribution in [0.25, 0.3) is 0 Å². The monoisotopic (exact) mass is 456 g/mol. The molecule has 0 radical (unpaired) electrons. The number of carbonyl (C=O) groups is 1. The molecule has 0 bridgehead atoms. The van der Waals surface area contributed by atoms with Gasteiger partial charge in [-0.15, -0.1) is 0 Å². The zero-order valence-corrected chi connectivity index (χ0v) is 19.2. The third-order valence-electron chi connectivity index (χ3n) is 4.46. The van der Waals surface area contributed by atoms with E-state index < -0.39 is 22.0 Å². The molecule has 0 heterocycles. The summed E-state index contributed by atoms with van der Waals surface area (Å²) in [5.74, 6) is -0.0785. The lowest BCUT2D eigenvalue weighted by molar-refractivity contribution is -0.122. The smallest absolute Gasteiger partial charge is 0.244 e. The summed E-state index contributed by atoms with van der Waals surface area (Å²) in [5.41, 5.74) is 1.14. The van der Waals surface area contributed by atoms with E-state index in [-0.39, 0.29) is 16.8 Å². The van der Waals surface area contributed by atoms with Gasteiger partial charge in [0, 0.05) is 5.02 Å². The Labute approximate surface area is 183 Å². The number of carbonyl (C=O) groups excluding carboxylic acids is 1. The minimum Gasteiger partial charge on any atom is -0.347 e. The van der Waals surface area contributed by atoms with E-state index in [0.29, 0.717) is 10.9 Å². The molecule has 0 unspecified atom stereocenters. The maximum Gasteiger partial charge on any atom is 0.244 e. The number of hydrogen-bond donors (Lipinski definition) is 1. The topological polar surface area (TPSA) is 66.5 Å². The summed E-state index contributed by atoms with van der Waals surface area (Å²) in [6.45, 7) is 5.67. The SMILES string of the molecule is CC(C)C[C@@H](NC(=O)[C@H](C)N(c1cc(Cl)ccc1Cl)S(C)(=O)=O)c1ccccc1. The Morgan fingerprint density at radius 2 is 1.69 bits per heavy atom. The van der Waals surface area contributed by atoms with Gasteiger partial charge in [0.05, 0.1) is 23.0 Å². The van der Waals surface area contributed by atoms with E-state index in [1.807, 2.05) is 30.3 Å². The number of nitrogens with one attached hydrogen (secondary N) is 1. The Morgan fingerprint density at radius 3 is 2.24 bits per heavy atom. The highest BCUT2D eigenvalue weighted by Crippen LogP contribution is 2.32. The van der Waals surface area contributed by atoms with Crippen molar-refractivity contribution in [1.29, 1.82) is 0 Å². The van der Waals surface area contributed by atoms with Crippen LogP contribution in [0.2, 0.25) is 10.0 Å². The fourth-order valence-electron chi connectivity index (χ4n) is 3.16. The molecule has 0 spiro atoms. The predicted octanol–water partition coefficient (Wildman–Crippen LogP) is 5.05. The molecule has 8 heteroatoms. The van der Waals surface area contributed by atoms with E-state index in [9.17, 15) is 13.2 Å². The van der Waals surface area contributed by atoms with Crippen molar-refractivity contribution in [3.05, 3.63) is 64.1 Å². The molecule has 2 rings (SSSR count). The molecule has 0 fully saturated rings. The number of sulfonamides is 1. The highest BCUT2D eigenvalue weighted by molar-refractivity contribution is 7.92. The molecule has 0 aliphatic carbocycles. The molecule has 5 nitrogen and oxygen atoms in total. The van der Waals surface area contributed by atoms with Gasteiger partial charge in [-0.2, -0.15) is 0 Å². The van der Waals surface area contributed by atoms with E-state index in [1.165, 1.54) is 19.1 Å². The van der Waals surface area contributed by atoms with Crippen LogP contribution in [0, 0.1) is 5.92 Å². The summed E-state index contributed by atoms with van der Waals surface area (Å²) >= 11 is 12.3. The van der Waals surface area contributed by atoms with Crippen molar-refractivity contribution in [2.24, 2.45) is 5.92 Å². The Balaban J connectivity index is 2.36. The van der Waals surface area contributed by atoms with Crippen LogP contribution in [0.4, 0.5) is 5.69 Å². The van der Waals surface area contributed by atoms with E-state index >= 15 is 0 Å². The van der Waals surface area contributed by atoms with Crippen molar-refractivity contribution in [1.82, 2.24) is 5.32 Å². The second kappa shape index (κ2) is 9.83. The van der Waals surface area contributed by atoms with Crippen molar-refractivity contribution >= 4 is 44.8 Å². The quantitative estimate of drug-likeness (QED) is 0.603. The van der Waals surface area contributed by atoms with Gasteiger partial charge in [-0.25, -0.2) is 8.42 Å². The van der Waals surface area contributed by atoms with Gasteiger partial charge in [0.2, 0.25) is 15.9 Å². The molecule has 29 heavy (non-hydrogen) atoms. The van der Waals surface area contributed by atoms with Crippen LogP contribution in [-0.4, -0.2) is 26.6 Å². The maximum absolute atomic E-state index is 13.1. The molecule has 158 valence electrons. The fraction of sp³-hybridized carbons (Fsp3) is 0.381. The molecule has 1 N–H and O–H groups in total. The van der Waals surface area contributed by atoms with Gasteiger partial charge in [0.15, 0.2) is 0 Å². The summed E-state index contributed by atoms with van der Waals surface area (Å²) in [6, 6.07) is 12.9. The van der Waals surface area contributed by atoms with Crippen molar-refractivity contribution in [3.8, 4) is 0 Å². The first kappa shape index (κ1) is 23.5. The third kappa shape index (κ3) is 6.36. The van der Waals surface area contributed by atoms with Crippen molar-refractivity contribution in [3.63, 3.8) is 0 Å². The van der Waals surface area contributed by atoms with Crippen LogP contribution in [0.15, 0.2) is 48.5 Å². The fourth-order valence-corrected chi connectivity index (χ4v) is 4.77. The largest absolute Gasteiger partial charge is 0.347 e. The van der Waals surface area contributed by atoms with Gasteiger partial charge in [-0.05, 0) is 43.0 Å². The van der Waals surface area contributed by atoms with E-state index in [4.69, 9.17) is 23.2 Å². The summed E-state index contributed by atoms with van der Waals surface area (Å²) < 4.78 is 26.0. The minimum absolute atomic E-state index is 0.171. The number of anilines is 1. The average Bonchev–Trinajstić information content (AvgIpc) is 2.63. The first-order chi connectivity index (χ1) is 13.5. The van der Waals surface area contributed by atoms with Gasteiger partial charge >= 0.3 is 0 Å². The Kier molecular flexibility index (Phi) is 7.97. The molecule has 2 aromatic rings. The Morgan fingerprint density at radius 1 is 1.07 bits per heavy atom. The maximum atomic E-state index is 13.1. The normalized spacial score (nSPS) is 13.8.